The van der Waals surface area contributed by atoms with E-state index in [0.717, 1.165) is 37.2 Å². The molecule has 1 saturated heterocycles. The van der Waals surface area contributed by atoms with E-state index < -0.39 is 0 Å². The standard InChI is InChI=1S/C19H23N3O/c1-15-7-8-18(12-20-15)13-21-19(23)22-10-9-17(14-22)11-16-5-3-2-4-6-16/h2-8,12,17H,9-11,13-14H2,1H3,(H,21,23). The van der Waals surface area contributed by atoms with Gasteiger partial charge in [-0.1, -0.05) is 36.4 Å². The normalized spacial score (nSPS) is 17.3. The molecule has 1 aromatic heterocycles. The highest BCUT2D eigenvalue weighted by atomic mass is 16.2. The number of pyridine rings is 1. The number of carbonyl (C=O) groups excluding carboxylic acids is 1. The Labute approximate surface area is 137 Å². The quantitative estimate of drug-likeness (QED) is 0.943. The van der Waals surface area contributed by atoms with E-state index >= 15 is 0 Å². The summed E-state index contributed by atoms with van der Waals surface area (Å²) in [5, 5.41) is 2.99. The van der Waals surface area contributed by atoms with Crippen LogP contribution in [0.15, 0.2) is 48.7 Å². The fraction of sp³-hybridized carbons (Fsp3) is 0.368. The van der Waals surface area contributed by atoms with Crippen molar-refractivity contribution in [1.82, 2.24) is 15.2 Å². The van der Waals surface area contributed by atoms with Crippen LogP contribution >= 0.6 is 0 Å². The molecular weight excluding hydrogens is 286 g/mol. The summed E-state index contributed by atoms with van der Waals surface area (Å²) in [7, 11) is 0. The lowest BCUT2D eigenvalue weighted by Crippen LogP contribution is -2.38. The zero-order valence-electron chi connectivity index (χ0n) is 13.5. The Morgan fingerprint density at radius 1 is 1.22 bits per heavy atom. The monoisotopic (exact) mass is 309 g/mol. The van der Waals surface area contributed by atoms with Gasteiger partial charge in [0.25, 0.3) is 0 Å². The van der Waals surface area contributed by atoms with Gasteiger partial charge in [-0.2, -0.15) is 0 Å². The molecule has 0 aliphatic carbocycles. The number of nitrogens with zero attached hydrogens (tertiary/aromatic N) is 2. The van der Waals surface area contributed by atoms with E-state index in [0.29, 0.717) is 12.5 Å². The highest BCUT2D eigenvalue weighted by molar-refractivity contribution is 5.74. The van der Waals surface area contributed by atoms with Gasteiger partial charge in [0.15, 0.2) is 0 Å². The molecule has 2 aromatic rings. The Bertz CT molecular complexity index is 639. The molecular formula is C19H23N3O. The van der Waals surface area contributed by atoms with Gasteiger partial charge in [0, 0.05) is 31.5 Å². The summed E-state index contributed by atoms with van der Waals surface area (Å²) >= 11 is 0. The van der Waals surface area contributed by atoms with Crippen molar-refractivity contribution in [3.63, 3.8) is 0 Å². The number of hydrogen-bond acceptors (Lipinski definition) is 2. The lowest BCUT2D eigenvalue weighted by molar-refractivity contribution is 0.206. The van der Waals surface area contributed by atoms with E-state index in [4.69, 9.17) is 0 Å². The van der Waals surface area contributed by atoms with Crippen molar-refractivity contribution in [2.75, 3.05) is 13.1 Å². The van der Waals surface area contributed by atoms with Gasteiger partial charge in [-0.15, -0.1) is 0 Å². The Kier molecular flexibility index (Phi) is 4.91. The first-order chi connectivity index (χ1) is 11.2. The van der Waals surface area contributed by atoms with Gasteiger partial charge in [0.05, 0.1) is 0 Å². The third-order valence-electron chi connectivity index (χ3n) is 4.36. The second kappa shape index (κ2) is 7.27. The molecule has 1 aliphatic heterocycles. The van der Waals surface area contributed by atoms with Crippen molar-refractivity contribution in [2.45, 2.75) is 26.3 Å². The predicted octanol–water partition coefficient (Wildman–Crippen LogP) is 3.16. The van der Waals surface area contributed by atoms with Crippen molar-refractivity contribution < 1.29 is 4.79 Å². The van der Waals surface area contributed by atoms with E-state index in [-0.39, 0.29) is 6.03 Å². The van der Waals surface area contributed by atoms with Gasteiger partial charge in [-0.05, 0) is 42.9 Å². The summed E-state index contributed by atoms with van der Waals surface area (Å²) in [5.41, 5.74) is 3.37. The average Bonchev–Trinajstić information content (AvgIpc) is 3.03. The van der Waals surface area contributed by atoms with Crippen LogP contribution in [-0.4, -0.2) is 29.0 Å². The van der Waals surface area contributed by atoms with E-state index in [1.165, 1.54) is 5.56 Å². The lowest BCUT2D eigenvalue weighted by Gasteiger charge is -2.17. The minimum absolute atomic E-state index is 0.0288. The van der Waals surface area contributed by atoms with Crippen molar-refractivity contribution in [3.05, 3.63) is 65.5 Å². The molecule has 0 radical (unpaired) electrons. The maximum atomic E-state index is 12.3. The molecule has 1 fully saturated rings. The fourth-order valence-electron chi connectivity index (χ4n) is 3.02. The SMILES string of the molecule is Cc1ccc(CNC(=O)N2CCC(Cc3ccccc3)C2)cn1. The summed E-state index contributed by atoms with van der Waals surface area (Å²) in [6.45, 7) is 4.17. The van der Waals surface area contributed by atoms with Crippen LogP contribution in [0, 0.1) is 12.8 Å². The van der Waals surface area contributed by atoms with Gasteiger partial charge < -0.3 is 10.2 Å². The number of aryl methyl sites for hydroxylation is 1. The van der Waals surface area contributed by atoms with Gasteiger partial charge >= 0.3 is 6.03 Å². The second-order valence-corrected chi connectivity index (χ2v) is 6.26. The van der Waals surface area contributed by atoms with Crippen LogP contribution in [0.3, 0.4) is 0 Å². The molecule has 0 bridgehead atoms. The summed E-state index contributed by atoms with van der Waals surface area (Å²) < 4.78 is 0. The van der Waals surface area contributed by atoms with Gasteiger partial charge in [-0.3, -0.25) is 4.98 Å². The van der Waals surface area contributed by atoms with E-state index in [9.17, 15) is 4.79 Å². The highest BCUT2D eigenvalue weighted by Crippen LogP contribution is 2.20. The molecule has 1 N–H and O–H groups in total. The van der Waals surface area contributed by atoms with Crippen LogP contribution in [-0.2, 0) is 13.0 Å². The number of urea groups is 1. The molecule has 4 nitrogen and oxygen atoms in total. The summed E-state index contributed by atoms with van der Waals surface area (Å²) in [5.74, 6) is 0.559. The number of amides is 2. The smallest absolute Gasteiger partial charge is 0.317 e. The van der Waals surface area contributed by atoms with Crippen molar-refractivity contribution >= 4 is 6.03 Å². The van der Waals surface area contributed by atoms with Crippen molar-refractivity contribution in [2.24, 2.45) is 5.92 Å². The average molecular weight is 309 g/mol. The topological polar surface area (TPSA) is 45.2 Å². The molecule has 1 aliphatic rings. The molecule has 0 spiro atoms. The maximum Gasteiger partial charge on any atom is 0.317 e. The largest absolute Gasteiger partial charge is 0.334 e. The predicted molar refractivity (Wildman–Crippen MR) is 91.0 cm³/mol. The van der Waals surface area contributed by atoms with Crippen molar-refractivity contribution in [3.8, 4) is 0 Å². The molecule has 2 heterocycles. The summed E-state index contributed by atoms with van der Waals surface area (Å²) in [6, 6.07) is 14.5. The molecule has 1 unspecified atom stereocenters. The summed E-state index contributed by atoms with van der Waals surface area (Å²) in [6.07, 6.45) is 3.94. The number of aromatic nitrogens is 1. The van der Waals surface area contributed by atoms with Crippen molar-refractivity contribution in [1.29, 1.82) is 0 Å². The number of likely N-dealkylation sites (tertiary alicyclic amines) is 1. The first-order valence-electron chi connectivity index (χ1n) is 8.19. The number of rotatable bonds is 4. The summed E-state index contributed by atoms with van der Waals surface area (Å²) in [4.78, 5) is 18.5. The van der Waals surface area contributed by atoms with E-state index in [1.54, 1.807) is 0 Å². The number of hydrogen-bond donors (Lipinski definition) is 1. The van der Waals surface area contributed by atoms with Crippen LogP contribution in [0.1, 0.15) is 23.2 Å². The molecule has 120 valence electrons. The zero-order chi connectivity index (χ0) is 16.1. The number of nitrogens with one attached hydrogen (secondary N) is 1. The highest BCUT2D eigenvalue weighted by Gasteiger charge is 2.26. The minimum Gasteiger partial charge on any atom is -0.334 e. The van der Waals surface area contributed by atoms with E-state index in [2.05, 4.69) is 34.6 Å². The third kappa shape index (κ3) is 4.31. The fourth-order valence-corrected chi connectivity index (χ4v) is 3.02. The zero-order valence-corrected chi connectivity index (χ0v) is 13.5. The maximum absolute atomic E-state index is 12.3. The van der Waals surface area contributed by atoms with Crippen LogP contribution in [0.5, 0.6) is 0 Å². The molecule has 3 rings (SSSR count). The van der Waals surface area contributed by atoms with E-state index in [1.807, 2.05) is 36.2 Å². The molecule has 0 saturated carbocycles. The molecule has 2 amide bonds. The Balaban J connectivity index is 1.46. The molecule has 1 atom stereocenters. The minimum atomic E-state index is 0.0288. The third-order valence-corrected chi connectivity index (χ3v) is 4.36. The number of benzene rings is 1. The van der Waals surface area contributed by atoms with Crippen LogP contribution in [0.25, 0.3) is 0 Å². The molecule has 1 aromatic carbocycles. The lowest BCUT2D eigenvalue weighted by atomic mass is 9.99. The van der Waals surface area contributed by atoms with Gasteiger partial charge in [-0.25, -0.2) is 4.79 Å². The Hall–Kier alpha value is -2.36. The molecule has 23 heavy (non-hydrogen) atoms. The Morgan fingerprint density at radius 2 is 2.04 bits per heavy atom. The van der Waals surface area contributed by atoms with Gasteiger partial charge in [0.2, 0.25) is 0 Å². The van der Waals surface area contributed by atoms with Crippen LogP contribution < -0.4 is 5.32 Å². The Morgan fingerprint density at radius 3 is 2.78 bits per heavy atom. The second-order valence-electron chi connectivity index (χ2n) is 6.26. The first kappa shape index (κ1) is 15.5. The molecule has 4 heteroatoms. The van der Waals surface area contributed by atoms with Crippen LogP contribution in [0.2, 0.25) is 0 Å². The van der Waals surface area contributed by atoms with Crippen LogP contribution in [0.4, 0.5) is 4.79 Å². The number of carbonyl (C=O) groups is 1. The van der Waals surface area contributed by atoms with Gasteiger partial charge in [0.1, 0.15) is 0 Å². The first-order valence-corrected chi connectivity index (χ1v) is 8.19.